The lowest BCUT2D eigenvalue weighted by molar-refractivity contribution is 0.643. The van der Waals surface area contributed by atoms with Crippen LogP contribution in [0.25, 0.3) is 0 Å². The van der Waals surface area contributed by atoms with Crippen LogP contribution in [0.5, 0.6) is 0 Å². The molecule has 0 radical (unpaired) electrons. The first-order valence-corrected chi connectivity index (χ1v) is 6.96. The highest BCUT2D eigenvalue weighted by atomic mass is 35.5. The van der Waals surface area contributed by atoms with E-state index in [1.54, 1.807) is 24.2 Å². The number of hydrogen-bond acceptors (Lipinski definition) is 5. The van der Waals surface area contributed by atoms with Crippen LogP contribution in [0.2, 0.25) is 5.02 Å². The summed E-state index contributed by atoms with van der Waals surface area (Å²) in [4.78, 5) is 3.96. The van der Waals surface area contributed by atoms with Gasteiger partial charge in [-0.25, -0.2) is 0 Å². The predicted molar refractivity (Wildman–Crippen MR) is 72.4 cm³/mol. The third-order valence-electron chi connectivity index (χ3n) is 2.51. The summed E-state index contributed by atoms with van der Waals surface area (Å²) in [6, 6.07) is 1.91. The average Bonchev–Trinajstić information content (AvgIpc) is 2.79. The summed E-state index contributed by atoms with van der Waals surface area (Å²) < 4.78 is 2.01. The van der Waals surface area contributed by atoms with Crippen molar-refractivity contribution in [3.05, 3.63) is 34.9 Å². The van der Waals surface area contributed by atoms with E-state index >= 15 is 0 Å². The Labute approximate surface area is 115 Å². The molecule has 0 saturated heterocycles. The highest BCUT2D eigenvalue weighted by Crippen LogP contribution is 2.25. The number of pyridine rings is 1. The smallest absolute Gasteiger partial charge is 0.191 e. The van der Waals surface area contributed by atoms with Crippen LogP contribution in [0.4, 0.5) is 0 Å². The fourth-order valence-electron chi connectivity index (χ4n) is 1.56. The fourth-order valence-corrected chi connectivity index (χ4v) is 2.85. The molecule has 0 fully saturated rings. The van der Waals surface area contributed by atoms with Crippen LogP contribution in [-0.4, -0.2) is 19.7 Å². The Morgan fingerprint density at radius 3 is 2.94 bits per heavy atom. The van der Waals surface area contributed by atoms with Crippen molar-refractivity contribution in [2.75, 3.05) is 0 Å². The van der Waals surface area contributed by atoms with E-state index in [9.17, 15) is 0 Å². The molecule has 2 N–H and O–H groups in total. The second-order valence-electron chi connectivity index (χ2n) is 3.60. The molecule has 2 rings (SSSR count). The van der Waals surface area contributed by atoms with Gasteiger partial charge < -0.3 is 10.3 Å². The van der Waals surface area contributed by atoms with Gasteiger partial charge in [-0.15, -0.1) is 10.2 Å². The van der Waals surface area contributed by atoms with Crippen molar-refractivity contribution in [3.8, 4) is 0 Å². The van der Waals surface area contributed by atoms with Gasteiger partial charge in [0.25, 0.3) is 0 Å². The summed E-state index contributed by atoms with van der Waals surface area (Å²) in [6.07, 6.45) is 3.38. The van der Waals surface area contributed by atoms with Crippen LogP contribution in [-0.2, 0) is 18.8 Å². The number of nitrogens with two attached hydrogens (primary N) is 1. The van der Waals surface area contributed by atoms with E-state index in [4.69, 9.17) is 17.3 Å². The highest BCUT2D eigenvalue weighted by molar-refractivity contribution is 7.98. The minimum absolute atomic E-state index is 0.400. The molecule has 0 atom stereocenters. The Bertz CT molecular complexity index is 528. The van der Waals surface area contributed by atoms with E-state index < -0.39 is 0 Å². The van der Waals surface area contributed by atoms with Crippen LogP contribution >= 0.6 is 23.4 Å². The first kappa shape index (κ1) is 13.3. The van der Waals surface area contributed by atoms with E-state index in [1.807, 2.05) is 17.6 Å². The van der Waals surface area contributed by atoms with E-state index in [2.05, 4.69) is 15.2 Å². The first-order chi connectivity index (χ1) is 8.76. The van der Waals surface area contributed by atoms with Gasteiger partial charge in [0.2, 0.25) is 0 Å². The Balaban J connectivity index is 2.11. The quantitative estimate of drug-likeness (QED) is 0.851. The monoisotopic (exact) mass is 283 g/mol. The number of nitrogens with zero attached hydrogens (tertiary/aromatic N) is 4. The van der Waals surface area contributed by atoms with Gasteiger partial charge in [-0.2, -0.15) is 0 Å². The van der Waals surface area contributed by atoms with Crippen LogP contribution in [0.1, 0.15) is 18.3 Å². The predicted octanol–water partition coefficient (Wildman–Crippen LogP) is 2.10. The van der Waals surface area contributed by atoms with E-state index in [0.717, 1.165) is 28.8 Å². The molecular formula is C11H14ClN5S. The van der Waals surface area contributed by atoms with Crippen molar-refractivity contribution in [3.63, 3.8) is 0 Å². The van der Waals surface area contributed by atoms with Gasteiger partial charge in [-0.3, -0.25) is 4.98 Å². The first-order valence-electron chi connectivity index (χ1n) is 5.59. The number of rotatable bonds is 5. The third kappa shape index (κ3) is 2.82. The summed E-state index contributed by atoms with van der Waals surface area (Å²) in [5, 5.41) is 9.74. The summed E-state index contributed by atoms with van der Waals surface area (Å²) in [6.45, 7) is 3.26. The zero-order valence-corrected chi connectivity index (χ0v) is 11.6. The maximum atomic E-state index is 6.06. The van der Waals surface area contributed by atoms with Crippen molar-refractivity contribution >= 4 is 23.4 Å². The lowest BCUT2D eigenvalue weighted by Gasteiger charge is -2.06. The van der Waals surface area contributed by atoms with Gasteiger partial charge in [0.15, 0.2) is 5.16 Å². The molecule has 0 bridgehead atoms. The largest absolute Gasteiger partial charge is 0.324 e. The molecule has 96 valence electrons. The lowest BCUT2D eigenvalue weighted by atomic mass is 10.3. The molecule has 0 saturated carbocycles. The summed E-state index contributed by atoms with van der Waals surface area (Å²) in [5.41, 5.74) is 6.65. The van der Waals surface area contributed by atoms with Crippen LogP contribution in [0, 0.1) is 0 Å². The molecule has 0 aliphatic carbocycles. The molecule has 18 heavy (non-hydrogen) atoms. The molecule has 2 heterocycles. The molecule has 0 aliphatic heterocycles. The second kappa shape index (κ2) is 6.17. The third-order valence-corrected chi connectivity index (χ3v) is 3.86. The average molecular weight is 284 g/mol. The molecule has 2 aromatic rings. The van der Waals surface area contributed by atoms with Gasteiger partial charge in [-0.05, 0) is 18.6 Å². The Morgan fingerprint density at radius 1 is 1.44 bits per heavy atom. The SMILES string of the molecule is CCn1c(CN)nnc1SCc1ccncc1Cl. The Kier molecular flexibility index (Phi) is 4.57. The number of hydrogen-bond donors (Lipinski definition) is 1. The van der Waals surface area contributed by atoms with Crippen molar-refractivity contribution in [1.29, 1.82) is 0 Å². The highest BCUT2D eigenvalue weighted by Gasteiger charge is 2.10. The molecule has 0 aliphatic rings. The molecule has 0 unspecified atom stereocenters. The second-order valence-corrected chi connectivity index (χ2v) is 4.95. The molecule has 5 nitrogen and oxygen atoms in total. The topological polar surface area (TPSA) is 69.6 Å². The van der Waals surface area contributed by atoms with Gasteiger partial charge in [0, 0.05) is 24.7 Å². The maximum absolute atomic E-state index is 6.06. The molecular weight excluding hydrogens is 270 g/mol. The van der Waals surface area contributed by atoms with Crippen molar-refractivity contribution < 1.29 is 0 Å². The van der Waals surface area contributed by atoms with Crippen molar-refractivity contribution in [2.24, 2.45) is 5.73 Å². The Hall–Kier alpha value is -1.11. The maximum Gasteiger partial charge on any atom is 0.191 e. The van der Waals surface area contributed by atoms with Gasteiger partial charge in [0.05, 0.1) is 11.6 Å². The standard InChI is InChI=1S/C11H14ClN5S/c1-2-17-10(5-13)15-16-11(17)18-7-8-3-4-14-6-9(8)12/h3-4,6H,2,5,7,13H2,1H3. The zero-order chi connectivity index (χ0) is 13.0. The number of aromatic nitrogens is 4. The number of halogens is 1. The molecule has 0 spiro atoms. The van der Waals surface area contributed by atoms with Crippen LogP contribution in [0.3, 0.4) is 0 Å². The summed E-state index contributed by atoms with van der Waals surface area (Å²) in [7, 11) is 0. The van der Waals surface area contributed by atoms with E-state index in [-0.39, 0.29) is 0 Å². The minimum atomic E-state index is 0.400. The van der Waals surface area contributed by atoms with Gasteiger partial charge in [-0.1, -0.05) is 23.4 Å². The summed E-state index contributed by atoms with van der Waals surface area (Å²) >= 11 is 7.65. The Morgan fingerprint density at radius 2 is 2.28 bits per heavy atom. The molecule has 7 heteroatoms. The van der Waals surface area contributed by atoms with Crippen molar-refractivity contribution in [2.45, 2.75) is 30.9 Å². The van der Waals surface area contributed by atoms with E-state index in [1.165, 1.54) is 0 Å². The van der Waals surface area contributed by atoms with Crippen molar-refractivity contribution in [1.82, 2.24) is 19.7 Å². The fraction of sp³-hybridized carbons (Fsp3) is 0.364. The van der Waals surface area contributed by atoms with E-state index in [0.29, 0.717) is 11.6 Å². The van der Waals surface area contributed by atoms with Gasteiger partial charge in [0.1, 0.15) is 5.82 Å². The normalized spacial score (nSPS) is 10.8. The van der Waals surface area contributed by atoms with Gasteiger partial charge >= 0.3 is 0 Å². The molecule has 2 aromatic heterocycles. The number of thioether (sulfide) groups is 1. The molecule has 0 aromatic carbocycles. The molecule has 0 amide bonds. The van der Waals surface area contributed by atoms with Crippen LogP contribution < -0.4 is 5.73 Å². The van der Waals surface area contributed by atoms with Crippen LogP contribution in [0.15, 0.2) is 23.6 Å². The zero-order valence-electron chi connectivity index (χ0n) is 10.0. The minimum Gasteiger partial charge on any atom is -0.324 e. The summed E-state index contributed by atoms with van der Waals surface area (Å²) in [5.74, 6) is 1.55. The lowest BCUT2D eigenvalue weighted by Crippen LogP contribution is -2.08.